The predicted octanol–water partition coefficient (Wildman–Crippen LogP) is -0.943. The fourth-order valence-corrected chi connectivity index (χ4v) is 4.19. The summed E-state index contributed by atoms with van der Waals surface area (Å²) in [6.07, 6.45) is -12.8. The highest BCUT2D eigenvalue weighted by atomic mass is 16.7. The molecule has 2 aliphatic heterocycles. The van der Waals surface area contributed by atoms with Gasteiger partial charge in [-0.2, -0.15) is 0 Å². The van der Waals surface area contributed by atoms with E-state index in [4.69, 9.17) is 42.6 Å². The molecule has 0 aromatic rings. The van der Waals surface area contributed by atoms with Crippen molar-refractivity contribution in [2.45, 2.75) is 103 Å². The molecule has 16 heteroatoms. The van der Waals surface area contributed by atoms with Crippen LogP contribution in [0, 0.1) is 0 Å². The van der Waals surface area contributed by atoms with E-state index in [0.717, 1.165) is 41.5 Å². The average molecular weight is 579 g/mol. The van der Waals surface area contributed by atoms with E-state index in [1.807, 2.05) is 0 Å². The second-order valence-corrected chi connectivity index (χ2v) is 8.98. The fourth-order valence-electron chi connectivity index (χ4n) is 4.19. The van der Waals surface area contributed by atoms with Gasteiger partial charge < -0.3 is 47.7 Å². The topological polar surface area (TPSA) is 206 Å². The van der Waals surface area contributed by atoms with Crippen molar-refractivity contribution in [3.05, 3.63) is 0 Å². The molecule has 1 N–H and O–H groups in total. The Labute approximate surface area is 229 Å². The highest BCUT2D eigenvalue weighted by Crippen LogP contribution is 2.33. The second-order valence-electron chi connectivity index (χ2n) is 8.98. The van der Waals surface area contributed by atoms with E-state index < -0.39 is 104 Å². The van der Waals surface area contributed by atoms with Crippen LogP contribution in [0.2, 0.25) is 0 Å². The molecular weight excluding hydrogens is 544 g/mol. The van der Waals surface area contributed by atoms with Crippen molar-refractivity contribution in [1.29, 1.82) is 0 Å². The van der Waals surface area contributed by atoms with Gasteiger partial charge in [-0.25, -0.2) is 0 Å². The van der Waals surface area contributed by atoms with Crippen LogP contribution in [-0.2, 0) is 71.4 Å². The zero-order valence-electron chi connectivity index (χ0n) is 22.9. The zero-order chi connectivity index (χ0) is 30.1. The van der Waals surface area contributed by atoms with Crippen LogP contribution in [0.15, 0.2) is 0 Å². The number of ether oxygens (including phenoxy) is 9. The number of carbonyl (C=O) groups is 6. The lowest BCUT2D eigenvalue weighted by molar-refractivity contribution is -0.339. The summed E-state index contributed by atoms with van der Waals surface area (Å²) in [6.45, 7) is 5.67. The van der Waals surface area contributed by atoms with Crippen LogP contribution in [0.3, 0.4) is 0 Å². The first-order chi connectivity index (χ1) is 18.7. The summed E-state index contributed by atoms with van der Waals surface area (Å²) in [5, 5.41) is 10.3. The highest BCUT2D eigenvalue weighted by molar-refractivity contribution is 5.69. The van der Waals surface area contributed by atoms with E-state index in [9.17, 15) is 33.9 Å². The molecule has 2 heterocycles. The van der Waals surface area contributed by atoms with Crippen molar-refractivity contribution in [2.75, 3.05) is 13.2 Å². The summed E-state index contributed by atoms with van der Waals surface area (Å²) in [4.78, 5) is 70.7. The summed E-state index contributed by atoms with van der Waals surface area (Å²) in [7, 11) is 0. The monoisotopic (exact) mass is 578 g/mol. The second kappa shape index (κ2) is 14.9. The van der Waals surface area contributed by atoms with Gasteiger partial charge in [0, 0.05) is 48.0 Å². The summed E-state index contributed by atoms with van der Waals surface area (Å²) < 4.78 is 48.7. The van der Waals surface area contributed by atoms with E-state index in [2.05, 4.69) is 0 Å². The highest BCUT2D eigenvalue weighted by Gasteiger charge is 2.54. The lowest BCUT2D eigenvalue weighted by atomic mass is 9.97. The van der Waals surface area contributed by atoms with E-state index in [1.54, 1.807) is 0 Å². The van der Waals surface area contributed by atoms with Gasteiger partial charge in [-0.3, -0.25) is 28.8 Å². The average Bonchev–Trinajstić information content (AvgIpc) is 2.80. The minimum atomic E-state index is -1.61. The summed E-state index contributed by atoms with van der Waals surface area (Å²) in [5.74, 6) is -4.63. The first-order valence-corrected chi connectivity index (χ1v) is 12.3. The Morgan fingerprint density at radius 1 is 0.600 bits per heavy atom. The van der Waals surface area contributed by atoms with Crippen LogP contribution in [-0.4, -0.2) is 109 Å². The number of hydrogen-bond donors (Lipinski definition) is 1. The van der Waals surface area contributed by atoms with Gasteiger partial charge in [-0.15, -0.1) is 0 Å². The van der Waals surface area contributed by atoms with Crippen molar-refractivity contribution < 1.29 is 76.5 Å². The fraction of sp³-hybridized carbons (Fsp3) is 0.750. The lowest BCUT2D eigenvalue weighted by Gasteiger charge is -2.46. The maximum atomic E-state index is 12.0. The van der Waals surface area contributed by atoms with Gasteiger partial charge in [0.25, 0.3) is 0 Å². The zero-order valence-corrected chi connectivity index (χ0v) is 22.9. The molecule has 0 bridgehead atoms. The van der Waals surface area contributed by atoms with Crippen molar-refractivity contribution >= 4 is 35.8 Å². The van der Waals surface area contributed by atoms with Gasteiger partial charge in [-0.05, 0) is 0 Å². The standard InChI is InChI=1S/C24H34O16/c1-10(25)32-8-17-20(34-12(3)27)16(7-19(31)38-17)39-24-23(37-15(6)30)22(36-14(5)29)21(35-13(4)28)18(40-24)9-33-11(2)26/h16-24,31H,7-9H2,1-6H3/t16-,17-,18+,19+,20+,21+,22-,23+,24+/m0/s1. The molecule has 2 fully saturated rings. The van der Waals surface area contributed by atoms with Crippen molar-refractivity contribution in [1.82, 2.24) is 0 Å². The van der Waals surface area contributed by atoms with Crippen LogP contribution in [0.25, 0.3) is 0 Å². The molecule has 2 aliphatic rings. The number of rotatable bonds is 10. The lowest BCUT2D eigenvalue weighted by Crippen LogP contribution is -2.64. The number of hydrogen-bond acceptors (Lipinski definition) is 16. The van der Waals surface area contributed by atoms with Crippen LogP contribution < -0.4 is 0 Å². The Kier molecular flexibility index (Phi) is 12.2. The SMILES string of the molecule is CC(=O)OC[C@@H]1O[C@@H](O)C[C@H](O[C@@H]2O[C@H](COC(C)=O)[C@@H](OC(C)=O)[C@H](OC(C)=O)[C@H]2OC(C)=O)[C@H]1OC(C)=O. The molecule has 0 amide bonds. The molecule has 0 aromatic carbocycles. The molecule has 226 valence electrons. The molecule has 0 saturated carbocycles. The third-order valence-corrected chi connectivity index (χ3v) is 5.51. The van der Waals surface area contributed by atoms with Gasteiger partial charge in [0.05, 0.1) is 0 Å². The quantitative estimate of drug-likeness (QED) is 0.245. The largest absolute Gasteiger partial charge is 0.463 e. The smallest absolute Gasteiger partial charge is 0.303 e. The number of carbonyl (C=O) groups excluding carboxylic acids is 6. The van der Waals surface area contributed by atoms with E-state index in [1.165, 1.54) is 0 Å². The molecule has 2 saturated heterocycles. The number of aliphatic hydroxyl groups is 1. The van der Waals surface area contributed by atoms with Crippen molar-refractivity contribution in [3.63, 3.8) is 0 Å². The summed E-state index contributed by atoms with van der Waals surface area (Å²) in [6, 6.07) is 0. The third kappa shape index (κ3) is 10.0. The van der Waals surface area contributed by atoms with Gasteiger partial charge >= 0.3 is 35.8 Å². The molecule has 16 nitrogen and oxygen atoms in total. The molecule has 40 heavy (non-hydrogen) atoms. The molecule has 0 aromatic heterocycles. The Morgan fingerprint density at radius 3 is 1.50 bits per heavy atom. The maximum absolute atomic E-state index is 12.0. The molecule has 0 aliphatic carbocycles. The first kappa shape index (κ1) is 32.9. The predicted molar refractivity (Wildman–Crippen MR) is 125 cm³/mol. The maximum Gasteiger partial charge on any atom is 0.303 e. The van der Waals surface area contributed by atoms with Gasteiger partial charge in [0.1, 0.15) is 31.5 Å². The molecule has 0 unspecified atom stereocenters. The van der Waals surface area contributed by atoms with E-state index in [-0.39, 0.29) is 6.42 Å². The van der Waals surface area contributed by atoms with Crippen LogP contribution in [0.5, 0.6) is 0 Å². The molecule has 2 rings (SSSR count). The molecule has 9 atom stereocenters. The molecular formula is C24H34O16. The van der Waals surface area contributed by atoms with Crippen LogP contribution in [0.4, 0.5) is 0 Å². The summed E-state index contributed by atoms with van der Waals surface area (Å²) >= 11 is 0. The van der Waals surface area contributed by atoms with Gasteiger partial charge in [0.2, 0.25) is 0 Å². The van der Waals surface area contributed by atoms with Crippen LogP contribution >= 0.6 is 0 Å². The van der Waals surface area contributed by atoms with E-state index >= 15 is 0 Å². The molecule has 0 radical (unpaired) electrons. The number of esters is 6. The van der Waals surface area contributed by atoms with Crippen molar-refractivity contribution in [3.8, 4) is 0 Å². The third-order valence-electron chi connectivity index (χ3n) is 5.51. The van der Waals surface area contributed by atoms with Gasteiger partial charge in [-0.1, -0.05) is 0 Å². The Bertz CT molecular complexity index is 949. The Morgan fingerprint density at radius 2 is 1.02 bits per heavy atom. The Hall–Kier alpha value is -3.34. The minimum absolute atomic E-state index is 0.290. The normalized spacial score (nSPS) is 31.7. The Balaban J connectivity index is 2.49. The summed E-state index contributed by atoms with van der Waals surface area (Å²) in [5.41, 5.74) is 0. The van der Waals surface area contributed by atoms with Crippen molar-refractivity contribution in [2.24, 2.45) is 0 Å². The molecule has 0 spiro atoms. The first-order valence-electron chi connectivity index (χ1n) is 12.3. The van der Waals surface area contributed by atoms with Crippen LogP contribution in [0.1, 0.15) is 48.0 Å². The minimum Gasteiger partial charge on any atom is -0.463 e. The van der Waals surface area contributed by atoms with E-state index in [0.29, 0.717) is 0 Å². The van der Waals surface area contributed by atoms with Gasteiger partial charge in [0.15, 0.2) is 37.0 Å². The number of aliphatic hydroxyl groups excluding tert-OH is 1.